The highest BCUT2D eigenvalue weighted by Gasteiger charge is 2.17. The number of hydrogen-bond donors (Lipinski definition) is 2. The number of hydrogen-bond acceptors (Lipinski definition) is 2. The molecule has 4 aromatic carbocycles. The van der Waals surface area contributed by atoms with E-state index in [-0.39, 0.29) is 0 Å². The molecule has 0 radical (unpaired) electrons. The van der Waals surface area contributed by atoms with Crippen LogP contribution in [0.1, 0.15) is 13.8 Å². The summed E-state index contributed by atoms with van der Waals surface area (Å²) < 4.78 is 0. The molecule has 4 aromatic rings. The molecular weight excluding hydrogens is 306 g/mol. The lowest BCUT2D eigenvalue weighted by Crippen LogP contribution is -2.10. The molecule has 2 N–H and O–H groups in total. The van der Waals surface area contributed by atoms with Gasteiger partial charge in [-0.2, -0.15) is 0 Å². The maximum absolute atomic E-state index is 10.8. The SMILES string of the molecule is CC(C)Nc1ccc2ccccc2c1-c1c(O)ccc2ccccc12. The van der Waals surface area contributed by atoms with Crippen molar-refractivity contribution < 1.29 is 5.11 Å². The zero-order valence-corrected chi connectivity index (χ0v) is 14.5. The highest BCUT2D eigenvalue weighted by atomic mass is 16.3. The van der Waals surface area contributed by atoms with Crippen molar-refractivity contribution in [1.82, 2.24) is 0 Å². The van der Waals surface area contributed by atoms with Crippen molar-refractivity contribution in [1.29, 1.82) is 0 Å². The fraction of sp³-hybridized carbons (Fsp3) is 0.130. The molecule has 0 atom stereocenters. The van der Waals surface area contributed by atoms with Crippen LogP contribution in [0.25, 0.3) is 32.7 Å². The summed E-state index contributed by atoms with van der Waals surface area (Å²) in [5.74, 6) is 0.307. The minimum Gasteiger partial charge on any atom is -0.507 e. The highest BCUT2D eigenvalue weighted by molar-refractivity contribution is 6.11. The molecule has 25 heavy (non-hydrogen) atoms. The van der Waals surface area contributed by atoms with Crippen molar-refractivity contribution >= 4 is 27.2 Å². The van der Waals surface area contributed by atoms with Crippen molar-refractivity contribution in [2.75, 3.05) is 5.32 Å². The molecule has 0 fully saturated rings. The molecule has 0 spiro atoms. The average molecular weight is 327 g/mol. The van der Waals surface area contributed by atoms with Crippen molar-refractivity contribution in [3.63, 3.8) is 0 Å². The van der Waals surface area contributed by atoms with Crippen LogP contribution < -0.4 is 5.32 Å². The summed E-state index contributed by atoms with van der Waals surface area (Å²) in [4.78, 5) is 0. The van der Waals surface area contributed by atoms with Crippen molar-refractivity contribution in [2.24, 2.45) is 0 Å². The maximum atomic E-state index is 10.8. The van der Waals surface area contributed by atoms with E-state index in [1.165, 1.54) is 5.39 Å². The first-order valence-electron chi connectivity index (χ1n) is 8.64. The molecule has 0 bridgehead atoms. The van der Waals surface area contributed by atoms with Gasteiger partial charge in [0.1, 0.15) is 5.75 Å². The number of phenolic OH excluding ortho intramolecular Hbond substituents is 1. The summed E-state index contributed by atoms with van der Waals surface area (Å²) in [6.45, 7) is 4.25. The van der Waals surface area contributed by atoms with Gasteiger partial charge in [0.05, 0.1) is 0 Å². The van der Waals surface area contributed by atoms with Gasteiger partial charge in [0.15, 0.2) is 0 Å². The lowest BCUT2D eigenvalue weighted by atomic mass is 9.91. The topological polar surface area (TPSA) is 32.3 Å². The van der Waals surface area contributed by atoms with Crippen molar-refractivity contribution in [2.45, 2.75) is 19.9 Å². The molecule has 0 aromatic heterocycles. The molecule has 2 heteroatoms. The number of nitrogens with one attached hydrogen (secondary N) is 1. The van der Waals surface area contributed by atoms with Gasteiger partial charge in [-0.1, -0.05) is 60.7 Å². The van der Waals surface area contributed by atoms with Crippen LogP contribution in [0.3, 0.4) is 0 Å². The summed E-state index contributed by atoms with van der Waals surface area (Å²) >= 11 is 0. The minimum absolute atomic E-state index is 0.303. The molecule has 0 aliphatic rings. The van der Waals surface area contributed by atoms with Crippen molar-refractivity contribution in [3.05, 3.63) is 72.8 Å². The number of anilines is 1. The van der Waals surface area contributed by atoms with Crippen LogP contribution in [0.4, 0.5) is 5.69 Å². The Labute approximate surface area is 147 Å². The van der Waals surface area contributed by atoms with Crippen LogP contribution in [0.5, 0.6) is 5.75 Å². The monoisotopic (exact) mass is 327 g/mol. The Morgan fingerprint density at radius 2 is 1.24 bits per heavy atom. The van der Waals surface area contributed by atoms with E-state index in [9.17, 15) is 5.11 Å². The summed E-state index contributed by atoms with van der Waals surface area (Å²) in [6.07, 6.45) is 0. The number of aromatic hydroxyl groups is 1. The fourth-order valence-electron chi connectivity index (χ4n) is 3.49. The Kier molecular flexibility index (Phi) is 3.81. The first kappa shape index (κ1) is 15.5. The lowest BCUT2D eigenvalue weighted by molar-refractivity contribution is 0.478. The largest absolute Gasteiger partial charge is 0.507 e. The Bertz CT molecular complexity index is 1070. The van der Waals surface area contributed by atoms with E-state index in [4.69, 9.17) is 0 Å². The van der Waals surface area contributed by atoms with Gasteiger partial charge in [0.2, 0.25) is 0 Å². The van der Waals surface area contributed by atoms with Gasteiger partial charge < -0.3 is 10.4 Å². The minimum atomic E-state index is 0.303. The second-order valence-corrected chi connectivity index (χ2v) is 6.69. The van der Waals surface area contributed by atoms with E-state index in [1.807, 2.05) is 30.3 Å². The zero-order valence-electron chi connectivity index (χ0n) is 14.5. The summed E-state index contributed by atoms with van der Waals surface area (Å²) in [5.41, 5.74) is 2.99. The standard InChI is InChI=1S/C23H21NO/c1-15(2)24-20-13-11-16-7-3-5-9-18(16)22(20)23-19-10-6-4-8-17(19)12-14-21(23)25/h3-15,24-25H,1-2H3. The molecule has 0 saturated heterocycles. The summed E-state index contributed by atoms with van der Waals surface area (Å²) in [5, 5.41) is 18.8. The Morgan fingerprint density at radius 1 is 0.680 bits per heavy atom. The molecular formula is C23H21NO. The average Bonchev–Trinajstić information content (AvgIpc) is 2.62. The zero-order chi connectivity index (χ0) is 17.4. The first-order chi connectivity index (χ1) is 12.1. The normalized spacial score (nSPS) is 11.3. The first-order valence-corrected chi connectivity index (χ1v) is 8.64. The Morgan fingerprint density at radius 3 is 1.88 bits per heavy atom. The number of rotatable bonds is 3. The molecule has 0 aliphatic carbocycles. The maximum Gasteiger partial charge on any atom is 0.124 e. The van der Waals surface area contributed by atoms with Crippen LogP contribution >= 0.6 is 0 Å². The van der Waals surface area contributed by atoms with Crippen LogP contribution in [0.15, 0.2) is 72.8 Å². The molecule has 124 valence electrons. The van der Waals surface area contributed by atoms with Gasteiger partial charge >= 0.3 is 0 Å². The third-order valence-electron chi connectivity index (χ3n) is 4.53. The number of phenols is 1. The lowest BCUT2D eigenvalue weighted by Gasteiger charge is -2.19. The van der Waals surface area contributed by atoms with Gasteiger partial charge in [-0.3, -0.25) is 0 Å². The third-order valence-corrected chi connectivity index (χ3v) is 4.53. The molecule has 4 rings (SSSR count). The third kappa shape index (κ3) is 2.70. The second kappa shape index (κ2) is 6.14. The van der Waals surface area contributed by atoms with Crippen LogP contribution in [-0.4, -0.2) is 11.1 Å². The predicted molar refractivity (Wildman–Crippen MR) is 107 cm³/mol. The fourth-order valence-corrected chi connectivity index (χ4v) is 3.49. The van der Waals surface area contributed by atoms with Gasteiger partial charge in [-0.15, -0.1) is 0 Å². The van der Waals surface area contributed by atoms with E-state index in [0.29, 0.717) is 11.8 Å². The van der Waals surface area contributed by atoms with Crippen LogP contribution in [0.2, 0.25) is 0 Å². The second-order valence-electron chi connectivity index (χ2n) is 6.69. The molecule has 0 heterocycles. The van der Waals surface area contributed by atoms with Crippen LogP contribution in [0, 0.1) is 0 Å². The highest BCUT2D eigenvalue weighted by Crippen LogP contribution is 2.44. The predicted octanol–water partition coefficient (Wildman–Crippen LogP) is 6.19. The van der Waals surface area contributed by atoms with Gasteiger partial charge in [0.25, 0.3) is 0 Å². The number of benzene rings is 4. The smallest absolute Gasteiger partial charge is 0.124 e. The van der Waals surface area contributed by atoms with E-state index >= 15 is 0 Å². The molecule has 0 unspecified atom stereocenters. The Hall–Kier alpha value is -3.00. The van der Waals surface area contributed by atoms with Crippen molar-refractivity contribution in [3.8, 4) is 16.9 Å². The Balaban J connectivity index is 2.15. The summed E-state index contributed by atoms with van der Waals surface area (Å²) in [7, 11) is 0. The molecule has 0 saturated carbocycles. The summed E-state index contributed by atoms with van der Waals surface area (Å²) in [6, 6.07) is 24.8. The van der Waals surface area contributed by atoms with E-state index < -0.39 is 0 Å². The quantitative estimate of drug-likeness (QED) is 0.470. The van der Waals surface area contributed by atoms with Crippen LogP contribution in [-0.2, 0) is 0 Å². The van der Waals surface area contributed by atoms with Gasteiger partial charge in [-0.25, -0.2) is 0 Å². The number of fused-ring (bicyclic) bond motifs is 2. The molecule has 2 nitrogen and oxygen atoms in total. The van der Waals surface area contributed by atoms with E-state index in [2.05, 4.69) is 55.6 Å². The van der Waals surface area contributed by atoms with Gasteiger partial charge in [0, 0.05) is 22.9 Å². The molecule has 0 amide bonds. The molecule has 0 aliphatic heterocycles. The van der Waals surface area contributed by atoms with E-state index in [0.717, 1.165) is 33.0 Å². The van der Waals surface area contributed by atoms with Gasteiger partial charge in [-0.05, 0) is 47.5 Å². The van der Waals surface area contributed by atoms with E-state index in [1.54, 1.807) is 6.07 Å².